The van der Waals surface area contributed by atoms with Gasteiger partial charge in [0.15, 0.2) is 0 Å². The molecule has 0 bridgehead atoms. The maximum Gasteiger partial charge on any atom is 0.347 e. The van der Waals surface area contributed by atoms with Gasteiger partial charge in [-0.25, -0.2) is 9.59 Å². The van der Waals surface area contributed by atoms with Crippen LogP contribution in [0.15, 0.2) is 48.5 Å². The van der Waals surface area contributed by atoms with Crippen LogP contribution < -0.4 is 0 Å². The Balaban J connectivity index is 1.96. The highest BCUT2D eigenvalue weighted by molar-refractivity contribution is 5.99. The number of ether oxygens (including phenoxy) is 2. The van der Waals surface area contributed by atoms with Crippen molar-refractivity contribution in [2.24, 2.45) is 0 Å². The Morgan fingerprint density at radius 2 is 1.83 bits per heavy atom. The van der Waals surface area contributed by atoms with Crippen molar-refractivity contribution in [3.63, 3.8) is 0 Å². The first-order valence-electron chi connectivity index (χ1n) is 7.17. The molecule has 1 aliphatic rings. The molecule has 1 heterocycles. The van der Waals surface area contributed by atoms with Crippen LogP contribution in [0.2, 0.25) is 0 Å². The maximum absolute atomic E-state index is 12.4. The van der Waals surface area contributed by atoms with Crippen LogP contribution in [0.5, 0.6) is 0 Å². The number of cyclic esters (lactones) is 1. The zero-order chi connectivity index (χ0) is 16.2. The van der Waals surface area contributed by atoms with Gasteiger partial charge in [-0.2, -0.15) is 5.26 Å². The van der Waals surface area contributed by atoms with E-state index in [1.54, 1.807) is 48.5 Å². The Morgan fingerprint density at radius 1 is 1.13 bits per heavy atom. The molecule has 0 saturated carbocycles. The average Bonchev–Trinajstić information content (AvgIpc) is 2.99. The summed E-state index contributed by atoms with van der Waals surface area (Å²) in [6, 6.07) is 16.0. The van der Waals surface area contributed by atoms with E-state index in [1.807, 2.05) is 0 Å². The van der Waals surface area contributed by atoms with Crippen LogP contribution in [0.4, 0.5) is 0 Å². The van der Waals surface area contributed by atoms with Crippen LogP contribution in [0.1, 0.15) is 22.3 Å². The van der Waals surface area contributed by atoms with Crippen LogP contribution in [0.25, 0.3) is 11.1 Å². The number of carbonyl (C=O) groups excluding carboxylic acids is 2. The topological polar surface area (TPSA) is 76.4 Å². The monoisotopic (exact) mass is 307 g/mol. The minimum absolute atomic E-state index is 0.260. The van der Waals surface area contributed by atoms with E-state index in [2.05, 4.69) is 6.07 Å². The molecule has 1 saturated heterocycles. The zero-order valence-corrected chi connectivity index (χ0v) is 12.2. The molecule has 23 heavy (non-hydrogen) atoms. The van der Waals surface area contributed by atoms with E-state index >= 15 is 0 Å². The number of benzene rings is 2. The molecule has 0 N–H and O–H groups in total. The minimum Gasteiger partial charge on any atom is -0.463 e. The summed E-state index contributed by atoms with van der Waals surface area (Å²) in [4.78, 5) is 23.9. The molecule has 0 spiro atoms. The first-order chi connectivity index (χ1) is 11.2. The number of hydrogen-bond donors (Lipinski definition) is 0. The highest BCUT2D eigenvalue weighted by Crippen LogP contribution is 2.28. The van der Waals surface area contributed by atoms with Gasteiger partial charge in [-0.1, -0.05) is 36.4 Å². The maximum atomic E-state index is 12.4. The quantitative estimate of drug-likeness (QED) is 0.815. The summed E-state index contributed by atoms with van der Waals surface area (Å²) in [6.07, 6.45) is -0.497. The standard InChI is InChI=1S/C18H13NO4/c19-11-12-5-1-2-6-13(12)14-7-3-4-8-15(14)17(20)23-16-9-10-22-18(16)21/h1-8,16H,9-10H2/t16-/m1/s1. The molecule has 5 nitrogen and oxygen atoms in total. The van der Waals surface area contributed by atoms with E-state index in [9.17, 15) is 14.9 Å². The van der Waals surface area contributed by atoms with E-state index in [0.717, 1.165) is 0 Å². The second kappa shape index (κ2) is 6.32. The van der Waals surface area contributed by atoms with Crippen molar-refractivity contribution in [2.75, 3.05) is 6.61 Å². The van der Waals surface area contributed by atoms with Gasteiger partial charge < -0.3 is 9.47 Å². The lowest BCUT2D eigenvalue weighted by Gasteiger charge is -2.12. The summed E-state index contributed by atoms with van der Waals surface area (Å²) in [7, 11) is 0. The van der Waals surface area contributed by atoms with Crippen molar-refractivity contribution in [3.8, 4) is 17.2 Å². The summed E-state index contributed by atoms with van der Waals surface area (Å²) in [6.45, 7) is 0.260. The third-order valence-corrected chi connectivity index (χ3v) is 3.62. The first-order valence-corrected chi connectivity index (χ1v) is 7.17. The van der Waals surface area contributed by atoms with Crippen LogP contribution >= 0.6 is 0 Å². The second-order valence-electron chi connectivity index (χ2n) is 5.05. The molecule has 1 aliphatic heterocycles. The van der Waals surface area contributed by atoms with E-state index in [1.165, 1.54) is 0 Å². The smallest absolute Gasteiger partial charge is 0.347 e. The van der Waals surface area contributed by atoms with E-state index < -0.39 is 18.0 Å². The van der Waals surface area contributed by atoms with E-state index in [4.69, 9.17) is 9.47 Å². The molecule has 0 aliphatic carbocycles. The molecular weight excluding hydrogens is 294 g/mol. The van der Waals surface area contributed by atoms with E-state index in [-0.39, 0.29) is 6.61 Å². The molecule has 0 amide bonds. The number of carbonyl (C=O) groups is 2. The Kier molecular flexibility index (Phi) is 4.07. The highest BCUT2D eigenvalue weighted by atomic mass is 16.6. The lowest BCUT2D eigenvalue weighted by molar-refractivity contribution is -0.145. The number of nitrogens with zero attached hydrogens (tertiary/aromatic N) is 1. The van der Waals surface area contributed by atoms with Crippen LogP contribution in [0.3, 0.4) is 0 Å². The Bertz CT molecular complexity index is 807. The molecule has 5 heteroatoms. The fraction of sp³-hybridized carbons (Fsp3) is 0.167. The van der Waals surface area contributed by atoms with Crippen LogP contribution in [-0.2, 0) is 14.3 Å². The molecular formula is C18H13NO4. The lowest BCUT2D eigenvalue weighted by Crippen LogP contribution is -2.23. The fourth-order valence-corrected chi connectivity index (χ4v) is 2.49. The largest absolute Gasteiger partial charge is 0.463 e. The van der Waals surface area contributed by atoms with Gasteiger partial charge >= 0.3 is 11.9 Å². The average molecular weight is 307 g/mol. The van der Waals surface area contributed by atoms with Crippen molar-refractivity contribution in [1.29, 1.82) is 5.26 Å². The van der Waals surface area contributed by atoms with Crippen molar-refractivity contribution in [3.05, 3.63) is 59.7 Å². The van der Waals surface area contributed by atoms with Gasteiger partial charge in [0, 0.05) is 12.0 Å². The number of esters is 2. The summed E-state index contributed by atoms with van der Waals surface area (Å²) in [5.41, 5.74) is 2.03. The van der Waals surface area contributed by atoms with Gasteiger partial charge in [0.1, 0.15) is 0 Å². The van der Waals surface area contributed by atoms with Gasteiger partial charge in [0.05, 0.1) is 23.8 Å². The summed E-state index contributed by atoms with van der Waals surface area (Å²) < 4.78 is 10.0. The second-order valence-corrected chi connectivity index (χ2v) is 5.05. The van der Waals surface area contributed by atoms with Gasteiger partial charge in [-0.15, -0.1) is 0 Å². The molecule has 1 fully saturated rings. The molecule has 2 aromatic carbocycles. The minimum atomic E-state index is -0.859. The third-order valence-electron chi connectivity index (χ3n) is 3.62. The van der Waals surface area contributed by atoms with Crippen molar-refractivity contribution in [1.82, 2.24) is 0 Å². The molecule has 114 valence electrons. The molecule has 0 unspecified atom stereocenters. The predicted molar refractivity (Wildman–Crippen MR) is 81.4 cm³/mol. The van der Waals surface area contributed by atoms with Gasteiger partial charge in [0.25, 0.3) is 0 Å². The van der Waals surface area contributed by atoms with Crippen LogP contribution in [0, 0.1) is 11.3 Å². The normalized spacial score (nSPS) is 16.5. The van der Waals surface area contributed by atoms with Crippen molar-refractivity contribution < 1.29 is 19.1 Å². The lowest BCUT2D eigenvalue weighted by atomic mass is 9.96. The van der Waals surface area contributed by atoms with Gasteiger partial charge in [-0.05, 0) is 17.7 Å². The number of nitriles is 1. The van der Waals surface area contributed by atoms with E-state index in [0.29, 0.717) is 28.7 Å². The zero-order valence-electron chi connectivity index (χ0n) is 12.2. The summed E-state index contributed by atoms with van der Waals surface area (Å²) in [5, 5.41) is 9.25. The van der Waals surface area contributed by atoms with Gasteiger partial charge in [-0.3, -0.25) is 0 Å². The number of hydrogen-bond acceptors (Lipinski definition) is 5. The first kappa shape index (κ1) is 14.8. The fourth-order valence-electron chi connectivity index (χ4n) is 2.49. The number of rotatable bonds is 3. The van der Waals surface area contributed by atoms with Gasteiger partial charge in [0.2, 0.25) is 6.10 Å². The summed E-state index contributed by atoms with van der Waals surface area (Å²) in [5.74, 6) is -1.12. The highest BCUT2D eigenvalue weighted by Gasteiger charge is 2.31. The molecule has 2 aromatic rings. The summed E-state index contributed by atoms with van der Waals surface area (Å²) >= 11 is 0. The van der Waals surface area contributed by atoms with Crippen LogP contribution in [-0.4, -0.2) is 24.6 Å². The molecule has 3 rings (SSSR count). The Morgan fingerprint density at radius 3 is 2.52 bits per heavy atom. The third kappa shape index (κ3) is 2.92. The molecule has 0 aromatic heterocycles. The van der Waals surface area contributed by atoms with Crippen molar-refractivity contribution >= 4 is 11.9 Å². The Labute approximate surface area is 133 Å². The Hall–Kier alpha value is -3.13. The predicted octanol–water partition coefficient (Wildman–Crippen LogP) is 2.70. The molecule has 0 radical (unpaired) electrons. The van der Waals surface area contributed by atoms with Crippen molar-refractivity contribution in [2.45, 2.75) is 12.5 Å². The molecule has 1 atom stereocenters. The SMILES string of the molecule is N#Cc1ccccc1-c1ccccc1C(=O)O[C@@H]1CCOC1=O.